The van der Waals surface area contributed by atoms with Gasteiger partial charge in [-0.15, -0.1) is 0 Å². The Morgan fingerprint density at radius 2 is 1.93 bits per heavy atom. The van der Waals surface area contributed by atoms with E-state index in [1.807, 2.05) is 4.90 Å². The lowest BCUT2D eigenvalue weighted by atomic mass is 10.3. The van der Waals surface area contributed by atoms with Crippen molar-refractivity contribution in [2.45, 2.75) is 6.92 Å². The molecule has 1 aromatic rings. The number of carbonyl (C=O) groups excluding carboxylic acids is 2. The molecule has 10 heteroatoms. The summed E-state index contributed by atoms with van der Waals surface area (Å²) in [6, 6.07) is 1.61. The van der Waals surface area contributed by atoms with Crippen LogP contribution >= 0.6 is 0 Å². The second-order valence-electron chi connectivity index (χ2n) is 6.62. The van der Waals surface area contributed by atoms with Crippen molar-refractivity contribution in [1.82, 2.24) is 25.1 Å². The summed E-state index contributed by atoms with van der Waals surface area (Å²) in [4.78, 5) is 38.8. The Morgan fingerprint density at radius 3 is 2.64 bits per heavy atom. The summed E-state index contributed by atoms with van der Waals surface area (Å²) in [6.07, 6.45) is 1.30. The molecule has 3 rings (SSSR count). The third kappa shape index (κ3) is 5.52. The van der Waals surface area contributed by atoms with Crippen LogP contribution in [0.1, 0.15) is 17.4 Å². The van der Waals surface area contributed by atoms with Crippen LogP contribution < -0.4 is 10.2 Å². The van der Waals surface area contributed by atoms with Gasteiger partial charge >= 0.3 is 6.09 Å². The number of hydrogen-bond donors (Lipinski definition) is 1. The van der Waals surface area contributed by atoms with Crippen LogP contribution in [-0.4, -0.2) is 104 Å². The second kappa shape index (κ2) is 10.2. The van der Waals surface area contributed by atoms with Crippen LogP contribution in [0.25, 0.3) is 0 Å². The van der Waals surface area contributed by atoms with Crippen molar-refractivity contribution in [3.05, 3.63) is 18.0 Å². The predicted molar refractivity (Wildman–Crippen MR) is 102 cm³/mol. The molecule has 0 saturated carbocycles. The molecule has 2 aliphatic heterocycles. The molecular weight excluding hydrogens is 364 g/mol. The number of nitrogens with one attached hydrogen (secondary N) is 1. The van der Waals surface area contributed by atoms with Crippen LogP contribution in [0.5, 0.6) is 0 Å². The maximum absolute atomic E-state index is 12.4. The number of nitrogens with zero attached hydrogens (tertiary/aromatic N) is 5. The topological polar surface area (TPSA) is 100 Å². The Hall–Kier alpha value is -2.46. The zero-order chi connectivity index (χ0) is 19.8. The number of carbonyl (C=O) groups is 2. The molecule has 2 amide bonds. The fraction of sp³-hybridized carbons (Fsp3) is 0.667. The molecule has 0 aliphatic carbocycles. The summed E-state index contributed by atoms with van der Waals surface area (Å²) >= 11 is 0. The van der Waals surface area contributed by atoms with Crippen LogP contribution in [0.15, 0.2) is 12.3 Å². The molecule has 1 aromatic heterocycles. The molecule has 0 atom stereocenters. The second-order valence-corrected chi connectivity index (χ2v) is 6.62. The van der Waals surface area contributed by atoms with Crippen molar-refractivity contribution < 1.29 is 19.1 Å². The number of ether oxygens (including phenoxy) is 2. The van der Waals surface area contributed by atoms with Gasteiger partial charge in [0.05, 0.1) is 19.8 Å². The summed E-state index contributed by atoms with van der Waals surface area (Å²) < 4.78 is 10.3. The Balaban J connectivity index is 1.48. The maximum atomic E-state index is 12.4. The van der Waals surface area contributed by atoms with Gasteiger partial charge in [-0.2, -0.15) is 0 Å². The van der Waals surface area contributed by atoms with Gasteiger partial charge in [0.15, 0.2) is 0 Å². The van der Waals surface area contributed by atoms with Gasteiger partial charge in [-0.1, -0.05) is 0 Å². The Labute approximate surface area is 164 Å². The van der Waals surface area contributed by atoms with Crippen LogP contribution in [0.2, 0.25) is 0 Å². The van der Waals surface area contributed by atoms with Gasteiger partial charge in [0, 0.05) is 58.6 Å². The average molecular weight is 392 g/mol. The number of hydrogen-bond acceptors (Lipinski definition) is 8. The lowest BCUT2D eigenvalue weighted by molar-refractivity contribution is 0.0383. The Kier molecular flexibility index (Phi) is 7.38. The fourth-order valence-corrected chi connectivity index (χ4v) is 3.17. The van der Waals surface area contributed by atoms with E-state index < -0.39 is 0 Å². The van der Waals surface area contributed by atoms with Gasteiger partial charge < -0.3 is 24.6 Å². The third-order valence-electron chi connectivity index (χ3n) is 4.78. The number of morpholine rings is 1. The minimum Gasteiger partial charge on any atom is -0.450 e. The minimum absolute atomic E-state index is 0.206. The zero-order valence-corrected chi connectivity index (χ0v) is 16.3. The highest BCUT2D eigenvalue weighted by molar-refractivity contribution is 5.92. The summed E-state index contributed by atoms with van der Waals surface area (Å²) in [7, 11) is 0. The van der Waals surface area contributed by atoms with E-state index in [9.17, 15) is 9.59 Å². The molecule has 3 heterocycles. The summed E-state index contributed by atoms with van der Waals surface area (Å²) in [5.41, 5.74) is 0.347. The molecule has 0 bridgehead atoms. The highest BCUT2D eigenvalue weighted by Gasteiger charge is 2.24. The molecule has 2 fully saturated rings. The number of piperazine rings is 1. The minimum atomic E-state index is -0.295. The van der Waals surface area contributed by atoms with Crippen molar-refractivity contribution >= 4 is 17.9 Å². The van der Waals surface area contributed by atoms with Crippen molar-refractivity contribution in [2.75, 3.05) is 77.1 Å². The van der Waals surface area contributed by atoms with E-state index in [0.717, 1.165) is 32.8 Å². The van der Waals surface area contributed by atoms with E-state index in [1.165, 1.54) is 0 Å². The van der Waals surface area contributed by atoms with Crippen LogP contribution in [0.4, 0.5) is 10.7 Å². The SMILES string of the molecule is CCOC(=O)N1CCN(c2nccc(C(=O)NCCN3CCOCC3)n2)CC1. The molecule has 1 N–H and O–H groups in total. The molecule has 2 saturated heterocycles. The first kappa shape index (κ1) is 20.3. The Bertz CT molecular complexity index is 659. The van der Waals surface area contributed by atoms with Crippen molar-refractivity contribution in [3.8, 4) is 0 Å². The van der Waals surface area contributed by atoms with Crippen LogP contribution in [0, 0.1) is 0 Å². The first-order valence-corrected chi connectivity index (χ1v) is 9.75. The number of aromatic nitrogens is 2. The first-order valence-electron chi connectivity index (χ1n) is 9.75. The smallest absolute Gasteiger partial charge is 0.409 e. The number of anilines is 1. The monoisotopic (exact) mass is 392 g/mol. The molecule has 0 radical (unpaired) electrons. The standard InChI is InChI=1S/C18H28N6O4/c1-2-28-18(26)24-9-7-23(8-10-24)17-20-4-3-15(21-17)16(25)19-5-6-22-11-13-27-14-12-22/h3-4H,2,5-14H2,1H3,(H,19,25). The fourth-order valence-electron chi connectivity index (χ4n) is 3.17. The Morgan fingerprint density at radius 1 is 1.18 bits per heavy atom. The van der Waals surface area contributed by atoms with Gasteiger partial charge in [0.1, 0.15) is 5.69 Å². The lowest BCUT2D eigenvalue weighted by Crippen LogP contribution is -2.49. The van der Waals surface area contributed by atoms with E-state index in [4.69, 9.17) is 9.47 Å². The van der Waals surface area contributed by atoms with Crippen molar-refractivity contribution in [3.63, 3.8) is 0 Å². The maximum Gasteiger partial charge on any atom is 0.409 e. The van der Waals surface area contributed by atoms with Crippen molar-refractivity contribution in [2.24, 2.45) is 0 Å². The molecule has 10 nitrogen and oxygen atoms in total. The normalized spacial score (nSPS) is 18.0. The predicted octanol–water partition coefficient (Wildman–Crippen LogP) is -0.183. The van der Waals surface area contributed by atoms with E-state index in [-0.39, 0.29) is 12.0 Å². The van der Waals surface area contributed by atoms with Gasteiger partial charge in [-0.3, -0.25) is 9.69 Å². The molecule has 0 spiro atoms. The van der Waals surface area contributed by atoms with E-state index in [2.05, 4.69) is 20.2 Å². The third-order valence-corrected chi connectivity index (χ3v) is 4.78. The first-order chi connectivity index (χ1) is 13.7. The van der Waals surface area contributed by atoms with Gasteiger partial charge in [-0.05, 0) is 13.0 Å². The lowest BCUT2D eigenvalue weighted by Gasteiger charge is -2.34. The molecule has 0 aromatic carbocycles. The average Bonchev–Trinajstić information content (AvgIpc) is 2.75. The quantitative estimate of drug-likeness (QED) is 0.712. The summed E-state index contributed by atoms with van der Waals surface area (Å²) in [5.74, 6) is 0.298. The van der Waals surface area contributed by atoms with Gasteiger partial charge in [0.25, 0.3) is 5.91 Å². The molecule has 28 heavy (non-hydrogen) atoms. The summed E-state index contributed by atoms with van der Waals surface area (Å²) in [6.45, 7) is 9.07. The van der Waals surface area contributed by atoms with Gasteiger partial charge in [-0.25, -0.2) is 14.8 Å². The highest BCUT2D eigenvalue weighted by atomic mass is 16.6. The number of rotatable bonds is 6. The molecule has 2 aliphatic rings. The van der Waals surface area contributed by atoms with Crippen molar-refractivity contribution in [1.29, 1.82) is 0 Å². The molecule has 0 unspecified atom stereocenters. The largest absolute Gasteiger partial charge is 0.450 e. The van der Waals surface area contributed by atoms with Crippen LogP contribution in [-0.2, 0) is 9.47 Å². The number of amides is 2. The van der Waals surface area contributed by atoms with E-state index in [0.29, 0.717) is 51.0 Å². The molecular formula is C18H28N6O4. The zero-order valence-electron chi connectivity index (χ0n) is 16.3. The van der Waals surface area contributed by atoms with Crippen LogP contribution in [0.3, 0.4) is 0 Å². The molecule has 154 valence electrons. The highest BCUT2D eigenvalue weighted by Crippen LogP contribution is 2.12. The van der Waals surface area contributed by atoms with E-state index in [1.54, 1.807) is 24.1 Å². The van der Waals surface area contributed by atoms with E-state index >= 15 is 0 Å². The summed E-state index contributed by atoms with van der Waals surface area (Å²) in [5, 5.41) is 2.91. The van der Waals surface area contributed by atoms with Gasteiger partial charge in [0.2, 0.25) is 5.95 Å².